The van der Waals surface area contributed by atoms with E-state index in [-0.39, 0.29) is 22.9 Å². The maximum Gasteiger partial charge on any atom is 0.312 e. The molecule has 17 heavy (non-hydrogen) atoms. The van der Waals surface area contributed by atoms with Crippen LogP contribution in [0.1, 0.15) is 34.6 Å². The number of esters is 1. The molecular formula is C13H24O3Si. The standard InChI is InChI=1S/C13H24O3Si/c1-6-17(7-2,8-3)16-13-9-15-11(14)10(13)12(13,4)5/h10H,6-9H2,1-5H3/t10-,13+/m1/s1. The first-order valence-corrected chi connectivity index (χ1v) is 9.29. The quantitative estimate of drug-likeness (QED) is 0.560. The molecule has 1 saturated carbocycles. The van der Waals surface area contributed by atoms with Gasteiger partial charge in [0.15, 0.2) is 8.32 Å². The lowest BCUT2D eigenvalue weighted by atomic mass is 10.1. The Morgan fingerprint density at radius 1 is 1.29 bits per heavy atom. The molecule has 0 aromatic carbocycles. The van der Waals surface area contributed by atoms with Crippen LogP contribution in [-0.4, -0.2) is 26.5 Å². The van der Waals surface area contributed by atoms with E-state index in [9.17, 15) is 4.79 Å². The van der Waals surface area contributed by atoms with Gasteiger partial charge in [-0.2, -0.15) is 0 Å². The lowest BCUT2D eigenvalue weighted by molar-refractivity contribution is -0.143. The Kier molecular flexibility index (Phi) is 2.94. The highest BCUT2D eigenvalue weighted by molar-refractivity contribution is 6.73. The Morgan fingerprint density at radius 3 is 2.18 bits per heavy atom. The summed E-state index contributed by atoms with van der Waals surface area (Å²) in [6, 6.07) is 3.37. The first-order chi connectivity index (χ1) is 7.89. The van der Waals surface area contributed by atoms with Crippen LogP contribution in [0, 0.1) is 11.3 Å². The fourth-order valence-electron chi connectivity index (χ4n) is 3.40. The number of ether oxygens (including phenoxy) is 1. The summed E-state index contributed by atoms with van der Waals surface area (Å²) in [6.07, 6.45) is 0. The molecule has 0 radical (unpaired) electrons. The smallest absolute Gasteiger partial charge is 0.312 e. The van der Waals surface area contributed by atoms with E-state index < -0.39 is 8.32 Å². The first-order valence-electron chi connectivity index (χ1n) is 6.76. The van der Waals surface area contributed by atoms with Gasteiger partial charge in [-0.25, -0.2) is 0 Å². The number of hydrogen-bond acceptors (Lipinski definition) is 3. The maximum absolute atomic E-state index is 11.7. The van der Waals surface area contributed by atoms with E-state index in [1.54, 1.807) is 0 Å². The van der Waals surface area contributed by atoms with Crippen LogP contribution in [0.15, 0.2) is 0 Å². The SMILES string of the molecule is CC[Si](CC)(CC)O[C@@]12COC(=O)[C@@H]1C2(C)C. The Morgan fingerprint density at radius 2 is 1.82 bits per heavy atom. The zero-order valence-corrected chi connectivity index (χ0v) is 12.6. The van der Waals surface area contributed by atoms with Crippen LogP contribution in [0.5, 0.6) is 0 Å². The van der Waals surface area contributed by atoms with Crippen LogP contribution in [0.25, 0.3) is 0 Å². The maximum atomic E-state index is 11.7. The van der Waals surface area contributed by atoms with Crippen molar-refractivity contribution in [1.82, 2.24) is 0 Å². The fourth-order valence-corrected chi connectivity index (χ4v) is 6.55. The summed E-state index contributed by atoms with van der Waals surface area (Å²) >= 11 is 0. The van der Waals surface area contributed by atoms with Crippen LogP contribution < -0.4 is 0 Å². The van der Waals surface area contributed by atoms with Crippen molar-refractivity contribution in [2.75, 3.05) is 6.61 Å². The van der Waals surface area contributed by atoms with Gasteiger partial charge < -0.3 is 9.16 Å². The van der Waals surface area contributed by atoms with Gasteiger partial charge in [-0.3, -0.25) is 4.79 Å². The highest BCUT2D eigenvalue weighted by Crippen LogP contribution is 2.68. The van der Waals surface area contributed by atoms with Crippen LogP contribution >= 0.6 is 0 Å². The largest absolute Gasteiger partial charge is 0.462 e. The molecule has 1 aliphatic heterocycles. The second kappa shape index (κ2) is 3.82. The Hall–Kier alpha value is -0.353. The number of cyclic esters (lactones) is 1. The molecule has 0 bridgehead atoms. The molecule has 1 heterocycles. The summed E-state index contributed by atoms with van der Waals surface area (Å²) in [5.74, 6) is -0.0762. The number of rotatable bonds is 5. The Labute approximate surface area is 105 Å². The molecule has 0 aromatic heterocycles. The predicted octanol–water partition coefficient (Wildman–Crippen LogP) is 2.96. The summed E-state index contributed by atoms with van der Waals surface area (Å²) in [5, 5.41) is 0. The summed E-state index contributed by atoms with van der Waals surface area (Å²) in [5.41, 5.74) is -0.321. The highest BCUT2D eigenvalue weighted by Gasteiger charge is 2.81. The second-order valence-electron chi connectivity index (χ2n) is 6.00. The third-order valence-electron chi connectivity index (χ3n) is 5.19. The van der Waals surface area contributed by atoms with Gasteiger partial charge in [0.05, 0.1) is 5.92 Å². The molecule has 98 valence electrons. The molecule has 2 aliphatic rings. The zero-order chi connectivity index (χ0) is 12.9. The van der Waals surface area contributed by atoms with Crippen LogP contribution in [0.3, 0.4) is 0 Å². The molecule has 0 N–H and O–H groups in total. The first kappa shape index (κ1) is 13.1. The summed E-state index contributed by atoms with van der Waals surface area (Å²) in [6.45, 7) is 11.4. The van der Waals surface area contributed by atoms with Gasteiger partial charge >= 0.3 is 5.97 Å². The average Bonchev–Trinajstić information content (AvgIpc) is 2.59. The molecule has 1 saturated heterocycles. The lowest BCUT2D eigenvalue weighted by Crippen LogP contribution is -2.44. The third kappa shape index (κ3) is 1.53. The van der Waals surface area contributed by atoms with E-state index in [1.807, 2.05) is 0 Å². The topological polar surface area (TPSA) is 35.5 Å². The Balaban J connectivity index is 2.22. The number of fused-ring (bicyclic) bond motifs is 1. The van der Waals surface area contributed by atoms with E-state index in [0.29, 0.717) is 6.61 Å². The van der Waals surface area contributed by atoms with Gasteiger partial charge in [-0.15, -0.1) is 0 Å². The summed E-state index contributed by atoms with van der Waals surface area (Å²) in [4.78, 5) is 11.7. The normalized spacial score (nSPS) is 34.4. The number of carbonyl (C=O) groups is 1. The van der Waals surface area contributed by atoms with Gasteiger partial charge in [0, 0.05) is 5.41 Å². The molecule has 2 atom stereocenters. The number of hydrogen-bond donors (Lipinski definition) is 0. The van der Waals surface area contributed by atoms with Crippen molar-refractivity contribution in [3.63, 3.8) is 0 Å². The molecule has 0 unspecified atom stereocenters. The van der Waals surface area contributed by atoms with Crippen molar-refractivity contribution >= 4 is 14.3 Å². The molecular weight excluding hydrogens is 232 g/mol. The monoisotopic (exact) mass is 256 g/mol. The minimum Gasteiger partial charge on any atom is -0.462 e. The van der Waals surface area contributed by atoms with Crippen LogP contribution in [-0.2, 0) is 14.0 Å². The van der Waals surface area contributed by atoms with Crippen molar-refractivity contribution in [2.24, 2.45) is 11.3 Å². The van der Waals surface area contributed by atoms with Crippen molar-refractivity contribution in [2.45, 2.75) is 58.4 Å². The molecule has 2 rings (SSSR count). The molecule has 0 spiro atoms. The Bertz CT molecular complexity index is 327. The van der Waals surface area contributed by atoms with E-state index in [2.05, 4.69) is 34.6 Å². The molecule has 0 amide bonds. The van der Waals surface area contributed by atoms with E-state index >= 15 is 0 Å². The van der Waals surface area contributed by atoms with Gasteiger partial charge in [-0.1, -0.05) is 34.6 Å². The van der Waals surface area contributed by atoms with Gasteiger partial charge in [0.1, 0.15) is 12.2 Å². The minimum atomic E-state index is -1.66. The van der Waals surface area contributed by atoms with Crippen molar-refractivity contribution in [1.29, 1.82) is 0 Å². The van der Waals surface area contributed by atoms with Crippen molar-refractivity contribution in [3.05, 3.63) is 0 Å². The van der Waals surface area contributed by atoms with Crippen LogP contribution in [0.2, 0.25) is 18.1 Å². The van der Waals surface area contributed by atoms with E-state index in [1.165, 1.54) is 0 Å². The molecule has 4 heteroatoms. The molecule has 2 fully saturated rings. The van der Waals surface area contributed by atoms with Crippen molar-refractivity contribution in [3.8, 4) is 0 Å². The second-order valence-corrected chi connectivity index (χ2v) is 10.7. The van der Waals surface area contributed by atoms with E-state index in [4.69, 9.17) is 9.16 Å². The summed E-state index contributed by atoms with van der Waals surface area (Å²) < 4.78 is 11.8. The van der Waals surface area contributed by atoms with Gasteiger partial charge in [-0.05, 0) is 18.1 Å². The summed E-state index contributed by atoms with van der Waals surface area (Å²) in [7, 11) is -1.66. The fraction of sp³-hybridized carbons (Fsp3) is 0.923. The molecule has 1 aliphatic carbocycles. The third-order valence-corrected chi connectivity index (χ3v) is 9.85. The lowest BCUT2D eigenvalue weighted by Gasteiger charge is -2.34. The van der Waals surface area contributed by atoms with E-state index in [0.717, 1.165) is 18.1 Å². The van der Waals surface area contributed by atoms with Gasteiger partial charge in [0.25, 0.3) is 0 Å². The predicted molar refractivity (Wildman–Crippen MR) is 69.2 cm³/mol. The van der Waals surface area contributed by atoms with Crippen molar-refractivity contribution < 1.29 is 14.0 Å². The van der Waals surface area contributed by atoms with Gasteiger partial charge in [0.2, 0.25) is 0 Å². The molecule has 3 nitrogen and oxygen atoms in total. The highest BCUT2D eigenvalue weighted by atomic mass is 28.4. The van der Waals surface area contributed by atoms with Crippen LogP contribution in [0.4, 0.5) is 0 Å². The average molecular weight is 256 g/mol. The molecule has 0 aromatic rings. The minimum absolute atomic E-state index is 0.0217. The zero-order valence-electron chi connectivity index (χ0n) is 11.6. The number of carbonyl (C=O) groups excluding carboxylic acids is 1.